The molecular formula is C14H10Cl2F3N. The molecule has 0 spiro atoms. The van der Waals surface area contributed by atoms with Crippen molar-refractivity contribution in [3.63, 3.8) is 0 Å². The maximum atomic E-state index is 13.2. The molecule has 0 saturated carbocycles. The lowest BCUT2D eigenvalue weighted by atomic mass is 10.1. The van der Waals surface area contributed by atoms with Crippen LogP contribution in [0.25, 0.3) is 0 Å². The Morgan fingerprint density at radius 3 is 2.20 bits per heavy atom. The first kappa shape index (κ1) is 15.0. The summed E-state index contributed by atoms with van der Waals surface area (Å²) in [6.07, 6.45) is -4.45. The van der Waals surface area contributed by atoms with Gasteiger partial charge in [0.15, 0.2) is 0 Å². The Balaban J connectivity index is 2.37. The lowest BCUT2D eigenvalue weighted by Crippen LogP contribution is -2.28. The maximum Gasteiger partial charge on any atom is 0.412 e. The molecule has 2 aromatic rings. The van der Waals surface area contributed by atoms with Gasteiger partial charge in [-0.3, -0.25) is 0 Å². The Hall–Kier alpha value is -1.39. The second-order valence-electron chi connectivity index (χ2n) is 4.15. The summed E-state index contributed by atoms with van der Waals surface area (Å²) in [7, 11) is 0. The Morgan fingerprint density at radius 2 is 1.60 bits per heavy atom. The second kappa shape index (κ2) is 5.94. The fourth-order valence-electron chi connectivity index (χ4n) is 1.76. The van der Waals surface area contributed by atoms with Gasteiger partial charge in [0.25, 0.3) is 0 Å². The summed E-state index contributed by atoms with van der Waals surface area (Å²) < 4.78 is 39.6. The topological polar surface area (TPSA) is 12.0 Å². The van der Waals surface area contributed by atoms with Gasteiger partial charge in [-0.25, -0.2) is 0 Å². The molecule has 106 valence electrons. The van der Waals surface area contributed by atoms with E-state index in [-0.39, 0.29) is 16.3 Å². The molecule has 20 heavy (non-hydrogen) atoms. The van der Waals surface area contributed by atoms with Crippen molar-refractivity contribution in [1.29, 1.82) is 0 Å². The van der Waals surface area contributed by atoms with Gasteiger partial charge < -0.3 is 5.32 Å². The highest BCUT2D eigenvalue weighted by atomic mass is 35.5. The number of hydrogen-bond donors (Lipinski definition) is 1. The second-order valence-corrected chi connectivity index (χ2v) is 5.00. The fourth-order valence-corrected chi connectivity index (χ4v) is 2.11. The van der Waals surface area contributed by atoms with Gasteiger partial charge in [0, 0.05) is 5.02 Å². The van der Waals surface area contributed by atoms with Crippen LogP contribution >= 0.6 is 23.2 Å². The van der Waals surface area contributed by atoms with E-state index in [1.165, 1.54) is 30.3 Å². The Morgan fingerprint density at radius 1 is 0.950 bits per heavy atom. The van der Waals surface area contributed by atoms with E-state index >= 15 is 0 Å². The molecule has 1 nitrogen and oxygen atoms in total. The predicted octanol–water partition coefficient (Wildman–Crippen LogP) is 5.71. The average Bonchev–Trinajstić information content (AvgIpc) is 2.39. The standard InChI is InChI=1S/C14H10Cl2F3N/c15-10-6-7-11(16)12(8-10)20-13(14(17,18)19)9-4-2-1-3-5-9/h1-8,13,20H. The molecular weight excluding hydrogens is 310 g/mol. The molecule has 0 saturated heterocycles. The minimum Gasteiger partial charge on any atom is -0.369 e. The third kappa shape index (κ3) is 3.58. The fraction of sp³-hybridized carbons (Fsp3) is 0.143. The van der Waals surface area contributed by atoms with Gasteiger partial charge in [0.2, 0.25) is 0 Å². The van der Waals surface area contributed by atoms with Crippen LogP contribution < -0.4 is 5.32 Å². The number of alkyl halides is 3. The van der Waals surface area contributed by atoms with Crippen molar-refractivity contribution in [2.45, 2.75) is 12.2 Å². The molecule has 2 rings (SSSR count). The van der Waals surface area contributed by atoms with E-state index in [4.69, 9.17) is 23.2 Å². The van der Waals surface area contributed by atoms with Gasteiger partial charge in [0.05, 0.1) is 10.7 Å². The van der Waals surface area contributed by atoms with E-state index < -0.39 is 12.2 Å². The van der Waals surface area contributed by atoms with Crippen molar-refractivity contribution in [3.8, 4) is 0 Å². The molecule has 1 atom stereocenters. The van der Waals surface area contributed by atoms with Crippen LogP contribution in [0.4, 0.5) is 18.9 Å². The number of anilines is 1. The number of rotatable bonds is 3. The minimum absolute atomic E-state index is 0.107. The van der Waals surface area contributed by atoms with Gasteiger partial charge >= 0.3 is 6.18 Å². The summed E-state index contributed by atoms with van der Waals surface area (Å²) in [5.41, 5.74) is 0.251. The minimum atomic E-state index is -4.45. The van der Waals surface area contributed by atoms with E-state index in [1.807, 2.05) is 0 Å². The summed E-state index contributed by atoms with van der Waals surface area (Å²) in [5.74, 6) is 0. The molecule has 0 amide bonds. The van der Waals surface area contributed by atoms with Crippen LogP contribution in [0.5, 0.6) is 0 Å². The summed E-state index contributed by atoms with van der Waals surface area (Å²) >= 11 is 11.7. The highest BCUT2D eigenvalue weighted by Gasteiger charge is 2.41. The van der Waals surface area contributed by atoms with E-state index in [1.54, 1.807) is 18.2 Å². The lowest BCUT2D eigenvalue weighted by molar-refractivity contribution is -0.144. The van der Waals surface area contributed by atoms with Crippen LogP contribution in [0.3, 0.4) is 0 Å². The molecule has 0 radical (unpaired) electrons. The number of nitrogens with one attached hydrogen (secondary N) is 1. The molecule has 0 aromatic heterocycles. The molecule has 0 heterocycles. The summed E-state index contributed by atoms with van der Waals surface area (Å²) in [4.78, 5) is 0. The molecule has 2 aromatic carbocycles. The van der Waals surface area contributed by atoms with Crippen molar-refractivity contribution in [1.82, 2.24) is 0 Å². The zero-order valence-electron chi connectivity index (χ0n) is 10.1. The maximum absolute atomic E-state index is 13.2. The number of benzene rings is 2. The zero-order chi connectivity index (χ0) is 14.8. The van der Waals surface area contributed by atoms with Crippen LogP contribution in [0.15, 0.2) is 48.5 Å². The van der Waals surface area contributed by atoms with Crippen LogP contribution in [0.1, 0.15) is 11.6 Å². The molecule has 0 bridgehead atoms. The summed E-state index contributed by atoms with van der Waals surface area (Å²) in [5, 5.41) is 2.89. The monoisotopic (exact) mass is 319 g/mol. The van der Waals surface area contributed by atoms with E-state index in [9.17, 15) is 13.2 Å². The first-order valence-electron chi connectivity index (χ1n) is 5.71. The quantitative estimate of drug-likeness (QED) is 0.764. The van der Waals surface area contributed by atoms with Gasteiger partial charge in [-0.15, -0.1) is 0 Å². The Labute approximate surface area is 124 Å². The highest BCUT2D eigenvalue weighted by Crippen LogP contribution is 2.37. The summed E-state index contributed by atoms with van der Waals surface area (Å²) in [6, 6.07) is 10.1. The third-order valence-corrected chi connectivity index (χ3v) is 3.25. The van der Waals surface area contributed by atoms with Crippen LogP contribution in [0, 0.1) is 0 Å². The predicted molar refractivity (Wildman–Crippen MR) is 75.3 cm³/mol. The first-order chi connectivity index (χ1) is 9.38. The van der Waals surface area contributed by atoms with Crippen molar-refractivity contribution in [3.05, 3.63) is 64.1 Å². The normalized spacial score (nSPS) is 13.1. The highest BCUT2D eigenvalue weighted by molar-refractivity contribution is 6.35. The number of halogens is 5. The van der Waals surface area contributed by atoms with Gasteiger partial charge in [-0.05, 0) is 23.8 Å². The smallest absolute Gasteiger partial charge is 0.369 e. The van der Waals surface area contributed by atoms with Crippen molar-refractivity contribution < 1.29 is 13.2 Å². The molecule has 1 unspecified atom stereocenters. The Bertz CT molecular complexity index is 585. The van der Waals surface area contributed by atoms with Crippen molar-refractivity contribution in [2.24, 2.45) is 0 Å². The Kier molecular flexibility index (Phi) is 4.45. The third-order valence-electron chi connectivity index (χ3n) is 2.69. The summed E-state index contributed by atoms with van der Waals surface area (Å²) in [6.45, 7) is 0. The molecule has 1 N–H and O–H groups in total. The van der Waals surface area contributed by atoms with E-state index in [0.29, 0.717) is 5.02 Å². The van der Waals surface area contributed by atoms with Crippen LogP contribution in [-0.2, 0) is 0 Å². The molecule has 0 fully saturated rings. The van der Waals surface area contributed by atoms with E-state index in [2.05, 4.69) is 5.32 Å². The van der Waals surface area contributed by atoms with Crippen molar-refractivity contribution in [2.75, 3.05) is 5.32 Å². The lowest BCUT2D eigenvalue weighted by Gasteiger charge is -2.23. The molecule has 0 aliphatic carbocycles. The largest absolute Gasteiger partial charge is 0.412 e. The average molecular weight is 320 g/mol. The first-order valence-corrected chi connectivity index (χ1v) is 6.47. The number of hydrogen-bond acceptors (Lipinski definition) is 1. The van der Waals surface area contributed by atoms with E-state index in [0.717, 1.165) is 0 Å². The van der Waals surface area contributed by atoms with Crippen molar-refractivity contribution >= 4 is 28.9 Å². The SMILES string of the molecule is FC(F)(F)C(Nc1cc(Cl)ccc1Cl)c1ccccc1. The van der Waals surface area contributed by atoms with Gasteiger partial charge in [0.1, 0.15) is 6.04 Å². The zero-order valence-corrected chi connectivity index (χ0v) is 11.6. The molecule has 0 aliphatic rings. The van der Waals surface area contributed by atoms with Crippen LogP contribution in [0.2, 0.25) is 10.0 Å². The van der Waals surface area contributed by atoms with Gasteiger partial charge in [-0.1, -0.05) is 53.5 Å². The molecule has 0 aliphatic heterocycles. The van der Waals surface area contributed by atoms with Gasteiger partial charge in [-0.2, -0.15) is 13.2 Å². The van der Waals surface area contributed by atoms with Crippen LogP contribution in [-0.4, -0.2) is 6.18 Å². The molecule has 6 heteroatoms.